The standard InChI is InChI=1S/C10H12N2O/c1-7-6-10(5-4-8(2)13)12-9(3)11-7/h6,8,13H,1-3H3/t8-/m0/s1. The lowest BCUT2D eigenvalue weighted by molar-refractivity contribution is 0.253. The van der Waals surface area contributed by atoms with Gasteiger partial charge in [-0.15, -0.1) is 0 Å². The topological polar surface area (TPSA) is 46.0 Å². The third kappa shape index (κ3) is 3.22. The highest BCUT2D eigenvalue weighted by molar-refractivity contribution is 5.29. The lowest BCUT2D eigenvalue weighted by Crippen LogP contribution is -1.96. The zero-order valence-corrected chi connectivity index (χ0v) is 8.00. The van der Waals surface area contributed by atoms with Crippen LogP contribution in [0.4, 0.5) is 0 Å². The summed E-state index contributed by atoms with van der Waals surface area (Å²) < 4.78 is 0. The van der Waals surface area contributed by atoms with E-state index >= 15 is 0 Å². The summed E-state index contributed by atoms with van der Waals surface area (Å²) in [7, 11) is 0. The minimum atomic E-state index is -0.615. The van der Waals surface area contributed by atoms with Crippen molar-refractivity contribution in [2.45, 2.75) is 26.9 Å². The number of hydrogen-bond donors (Lipinski definition) is 1. The largest absolute Gasteiger partial charge is 0.381 e. The minimum absolute atomic E-state index is 0.615. The number of aliphatic hydroxyl groups is 1. The van der Waals surface area contributed by atoms with E-state index < -0.39 is 6.10 Å². The molecule has 0 amide bonds. The van der Waals surface area contributed by atoms with Gasteiger partial charge in [-0.2, -0.15) is 0 Å². The molecule has 0 bridgehead atoms. The Kier molecular flexibility index (Phi) is 2.99. The van der Waals surface area contributed by atoms with Gasteiger partial charge in [-0.25, -0.2) is 9.97 Å². The first-order valence-electron chi connectivity index (χ1n) is 4.10. The molecule has 1 aromatic heterocycles. The molecular weight excluding hydrogens is 164 g/mol. The summed E-state index contributed by atoms with van der Waals surface area (Å²) >= 11 is 0. The molecule has 1 heterocycles. The summed E-state index contributed by atoms with van der Waals surface area (Å²) in [4.78, 5) is 8.23. The Hall–Kier alpha value is -1.40. The molecule has 0 radical (unpaired) electrons. The van der Waals surface area contributed by atoms with Gasteiger partial charge in [0.15, 0.2) is 0 Å². The predicted octanol–water partition coefficient (Wildman–Crippen LogP) is 0.826. The molecule has 0 aliphatic rings. The molecule has 0 fully saturated rings. The van der Waals surface area contributed by atoms with E-state index in [0.29, 0.717) is 11.5 Å². The SMILES string of the molecule is Cc1cc(C#C[C@H](C)O)nc(C)n1. The van der Waals surface area contributed by atoms with Crippen molar-refractivity contribution in [3.63, 3.8) is 0 Å². The number of hydrogen-bond acceptors (Lipinski definition) is 3. The van der Waals surface area contributed by atoms with E-state index in [1.807, 2.05) is 13.8 Å². The first-order chi connectivity index (χ1) is 6.08. The molecule has 0 saturated heterocycles. The van der Waals surface area contributed by atoms with Crippen LogP contribution in [-0.2, 0) is 0 Å². The van der Waals surface area contributed by atoms with Crippen molar-refractivity contribution in [1.29, 1.82) is 0 Å². The quantitative estimate of drug-likeness (QED) is 0.595. The molecule has 0 spiro atoms. The monoisotopic (exact) mass is 176 g/mol. The van der Waals surface area contributed by atoms with Gasteiger partial charge in [0.1, 0.15) is 17.6 Å². The second-order valence-corrected chi connectivity index (χ2v) is 2.89. The van der Waals surface area contributed by atoms with Crippen molar-refractivity contribution in [1.82, 2.24) is 9.97 Å². The number of aliphatic hydroxyl groups excluding tert-OH is 1. The highest BCUT2D eigenvalue weighted by atomic mass is 16.3. The maximum Gasteiger partial charge on any atom is 0.126 e. The first-order valence-corrected chi connectivity index (χ1v) is 4.10. The molecule has 0 aliphatic heterocycles. The van der Waals surface area contributed by atoms with Crippen LogP contribution in [0.5, 0.6) is 0 Å². The zero-order valence-electron chi connectivity index (χ0n) is 8.00. The van der Waals surface area contributed by atoms with Crippen LogP contribution in [-0.4, -0.2) is 21.2 Å². The molecule has 0 aliphatic carbocycles. The normalized spacial score (nSPS) is 11.7. The van der Waals surface area contributed by atoms with Gasteiger partial charge in [-0.05, 0) is 32.8 Å². The van der Waals surface area contributed by atoms with Gasteiger partial charge < -0.3 is 5.11 Å². The summed E-state index contributed by atoms with van der Waals surface area (Å²) in [6, 6.07) is 1.79. The molecule has 0 saturated carbocycles. The molecule has 0 aromatic carbocycles. The van der Waals surface area contributed by atoms with Crippen molar-refractivity contribution in [3.05, 3.63) is 23.3 Å². The van der Waals surface area contributed by atoms with E-state index in [0.717, 1.165) is 5.69 Å². The van der Waals surface area contributed by atoms with E-state index in [2.05, 4.69) is 21.8 Å². The molecule has 1 aromatic rings. The number of aromatic nitrogens is 2. The van der Waals surface area contributed by atoms with E-state index in [4.69, 9.17) is 5.11 Å². The molecule has 1 N–H and O–H groups in total. The average molecular weight is 176 g/mol. The Balaban J connectivity index is 2.98. The Morgan fingerprint density at radius 2 is 2.08 bits per heavy atom. The van der Waals surface area contributed by atoms with Crippen LogP contribution in [0.1, 0.15) is 24.1 Å². The van der Waals surface area contributed by atoms with Crippen LogP contribution in [0.25, 0.3) is 0 Å². The predicted molar refractivity (Wildman–Crippen MR) is 50.1 cm³/mol. The van der Waals surface area contributed by atoms with Gasteiger partial charge in [0.25, 0.3) is 0 Å². The molecule has 0 unspecified atom stereocenters. The van der Waals surface area contributed by atoms with Crippen LogP contribution < -0.4 is 0 Å². The lowest BCUT2D eigenvalue weighted by atomic mass is 10.3. The molecule has 3 heteroatoms. The van der Waals surface area contributed by atoms with Gasteiger partial charge in [0.2, 0.25) is 0 Å². The molecule has 1 atom stereocenters. The summed E-state index contributed by atoms with van der Waals surface area (Å²) in [5, 5.41) is 8.94. The Bertz CT molecular complexity index is 341. The Morgan fingerprint density at radius 3 is 2.62 bits per heavy atom. The number of aryl methyl sites for hydroxylation is 2. The molecule has 1 rings (SSSR count). The van der Waals surface area contributed by atoms with E-state index in [-0.39, 0.29) is 0 Å². The van der Waals surface area contributed by atoms with Gasteiger partial charge in [-0.1, -0.05) is 5.92 Å². The number of rotatable bonds is 0. The smallest absolute Gasteiger partial charge is 0.126 e. The van der Waals surface area contributed by atoms with Gasteiger partial charge >= 0.3 is 0 Å². The number of nitrogens with zero attached hydrogens (tertiary/aromatic N) is 2. The van der Waals surface area contributed by atoms with Crippen LogP contribution in [0.3, 0.4) is 0 Å². The zero-order chi connectivity index (χ0) is 9.84. The Morgan fingerprint density at radius 1 is 1.38 bits per heavy atom. The summed E-state index contributed by atoms with van der Waals surface area (Å²) in [6.45, 7) is 5.33. The maximum atomic E-state index is 8.94. The van der Waals surface area contributed by atoms with Gasteiger partial charge in [-0.3, -0.25) is 0 Å². The van der Waals surface area contributed by atoms with Crippen LogP contribution in [0.15, 0.2) is 6.07 Å². The van der Waals surface area contributed by atoms with E-state index in [1.165, 1.54) is 0 Å². The molecule has 13 heavy (non-hydrogen) atoms. The second-order valence-electron chi connectivity index (χ2n) is 2.89. The molecule has 3 nitrogen and oxygen atoms in total. The molecule has 68 valence electrons. The Labute approximate surface area is 77.9 Å². The fourth-order valence-electron chi connectivity index (χ4n) is 0.959. The van der Waals surface area contributed by atoms with Crippen LogP contribution in [0, 0.1) is 25.7 Å². The third-order valence-corrected chi connectivity index (χ3v) is 1.38. The van der Waals surface area contributed by atoms with Crippen molar-refractivity contribution in [3.8, 4) is 11.8 Å². The highest BCUT2D eigenvalue weighted by Gasteiger charge is 1.94. The maximum absolute atomic E-state index is 8.94. The average Bonchev–Trinajstić information content (AvgIpc) is 1.99. The van der Waals surface area contributed by atoms with Gasteiger partial charge in [0.05, 0.1) is 0 Å². The molecular formula is C10H12N2O. The van der Waals surface area contributed by atoms with Crippen molar-refractivity contribution >= 4 is 0 Å². The first kappa shape index (κ1) is 9.69. The van der Waals surface area contributed by atoms with Gasteiger partial charge in [0, 0.05) is 5.69 Å². The summed E-state index contributed by atoms with van der Waals surface area (Å²) in [5.41, 5.74) is 1.55. The fraction of sp³-hybridized carbons (Fsp3) is 0.400. The van der Waals surface area contributed by atoms with Crippen molar-refractivity contribution in [2.75, 3.05) is 0 Å². The van der Waals surface area contributed by atoms with E-state index in [1.54, 1.807) is 13.0 Å². The van der Waals surface area contributed by atoms with E-state index in [9.17, 15) is 0 Å². The fourth-order valence-corrected chi connectivity index (χ4v) is 0.959. The minimum Gasteiger partial charge on any atom is -0.381 e. The van der Waals surface area contributed by atoms with Crippen LogP contribution >= 0.6 is 0 Å². The van der Waals surface area contributed by atoms with Crippen molar-refractivity contribution < 1.29 is 5.11 Å². The summed E-state index contributed by atoms with van der Waals surface area (Å²) in [5.74, 6) is 6.11. The van der Waals surface area contributed by atoms with Crippen LogP contribution in [0.2, 0.25) is 0 Å². The highest BCUT2D eigenvalue weighted by Crippen LogP contribution is 1.97. The third-order valence-electron chi connectivity index (χ3n) is 1.38. The van der Waals surface area contributed by atoms with Crippen molar-refractivity contribution in [2.24, 2.45) is 0 Å². The summed E-state index contributed by atoms with van der Waals surface area (Å²) in [6.07, 6.45) is -0.615. The second kappa shape index (κ2) is 4.01. The lowest BCUT2D eigenvalue weighted by Gasteiger charge is -1.96.